The second kappa shape index (κ2) is 6.53. The van der Waals surface area contributed by atoms with Gasteiger partial charge in [0.1, 0.15) is 6.29 Å². The molecule has 1 fully saturated rings. The van der Waals surface area contributed by atoms with Crippen LogP contribution in [0, 0.1) is 0 Å². The highest BCUT2D eigenvalue weighted by atomic mass is 16.4. The van der Waals surface area contributed by atoms with Crippen LogP contribution in [0.1, 0.15) is 12.8 Å². The van der Waals surface area contributed by atoms with E-state index in [2.05, 4.69) is 9.80 Å². The summed E-state index contributed by atoms with van der Waals surface area (Å²) in [6, 6.07) is 0. The number of nitrogens with zero attached hydrogens (tertiary/aromatic N) is 2. The molecule has 5 nitrogen and oxygen atoms in total. The predicted molar refractivity (Wildman–Crippen MR) is 55.8 cm³/mol. The summed E-state index contributed by atoms with van der Waals surface area (Å²) in [6.45, 7) is 5.06. The third-order valence-corrected chi connectivity index (χ3v) is 2.66. The van der Waals surface area contributed by atoms with Crippen molar-refractivity contribution in [1.82, 2.24) is 9.80 Å². The van der Waals surface area contributed by atoms with Crippen LogP contribution < -0.4 is 0 Å². The van der Waals surface area contributed by atoms with Crippen LogP contribution in [-0.2, 0) is 9.59 Å². The molecule has 0 aromatic heterocycles. The van der Waals surface area contributed by atoms with Crippen LogP contribution in [0.15, 0.2) is 0 Å². The topological polar surface area (TPSA) is 60.9 Å². The van der Waals surface area contributed by atoms with E-state index in [-0.39, 0.29) is 6.42 Å². The van der Waals surface area contributed by atoms with Crippen molar-refractivity contribution in [2.75, 3.05) is 39.3 Å². The number of hydrogen-bond donors (Lipinski definition) is 1. The quantitative estimate of drug-likeness (QED) is 0.613. The molecule has 5 heteroatoms. The summed E-state index contributed by atoms with van der Waals surface area (Å²) >= 11 is 0. The molecule has 0 aromatic carbocycles. The Bertz CT molecular complexity index is 213. The van der Waals surface area contributed by atoms with Crippen LogP contribution in [0.3, 0.4) is 0 Å². The summed E-state index contributed by atoms with van der Waals surface area (Å²) in [7, 11) is 0. The van der Waals surface area contributed by atoms with E-state index in [1.807, 2.05) is 0 Å². The van der Waals surface area contributed by atoms with Gasteiger partial charge in [0, 0.05) is 32.6 Å². The molecule has 0 amide bonds. The van der Waals surface area contributed by atoms with Gasteiger partial charge in [-0.05, 0) is 13.0 Å². The number of aliphatic carboxylic acids is 1. The van der Waals surface area contributed by atoms with E-state index < -0.39 is 5.97 Å². The molecular formula is C10H18N2O3. The lowest BCUT2D eigenvalue weighted by atomic mass is 10.2. The Hall–Kier alpha value is -0.940. The number of carboxylic acid groups (broad SMARTS) is 1. The van der Waals surface area contributed by atoms with Gasteiger partial charge in [-0.25, -0.2) is 0 Å². The summed E-state index contributed by atoms with van der Waals surface area (Å²) in [6.07, 6.45) is 1.89. The molecule has 1 saturated heterocycles. The second-order valence-electron chi connectivity index (χ2n) is 3.81. The van der Waals surface area contributed by atoms with Crippen molar-refractivity contribution in [2.45, 2.75) is 12.8 Å². The van der Waals surface area contributed by atoms with Gasteiger partial charge in [0.2, 0.25) is 0 Å². The highest BCUT2D eigenvalue weighted by molar-refractivity contribution is 5.66. The molecule has 1 rings (SSSR count). The van der Waals surface area contributed by atoms with Crippen LogP contribution in [0.2, 0.25) is 0 Å². The molecule has 1 aliphatic heterocycles. The molecule has 0 bridgehead atoms. The van der Waals surface area contributed by atoms with Crippen molar-refractivity contribution >= 4 is 12.3 Å². The summed E-state index contributed by atoms with van der Waals surface area (Å²) in [4.78, 5) is 25.0. The first kappa shape index (κ1) is 12.1. The summed E-state index contributed by atoms with van der Waals surface area (Å²) in [5, 5.41) is 8.49. The largest absolute Gasteiger partial charge is 0.481 e. The minimum absolute atomic E-state index is 0.245. The fourth-order valence-electron chi connectivity index (χ4n) is 1.75. The molecule has 1 aliphatic rings. The molecule has 1 heterocycles. The molecular weight excluding hydrogens is 196 g/mol. The van der Waals surface area contributed by atoms with E-state index in [0.29, 0.717) is 13.0 Å². The lowest BCUT2D eigenvalue weighted by Crippen LogP contribution is -2.47. The zero-order chi connectivity index (χ0) is 11.1. The Morgan fingerprint density at radius 1 is 1.20 bits per heavy atom. The minimum atomic E-state index is -0.727. The van der Waals surface area contributed by atoms with Crippen molar-refractivity contribution in [3.8, 4) is 0 Å². The number of rotatable bonds is 6. The third kappa shape index (κ3) is 4.90. The minimum Gasteiger partial charge on any atom is -0.481 e. The van der Waals surface area contributed by atoms with Crippen molar-refractivity contribution in [1.29, 1.82) is 0 Å². The fraction of sp³-hybridized carbons (Fsp3) is 0.800. The summed E-state index contributed by atoms with van der Waals surface area (Å²) < 4.78 is 0. The normalized spacial score (nSPS) is 18.9. The van der Waals surface area contributed by atoms with E-state index in [1.165, 1.54) is 0 Å². The maximum Gasteiger partial charge on any atom is 0.303 e. The average molecular weight is 214 g/mol. The van der Waals surface area contributed by atoms with E-state index in [0.717, 1.165) is 39.0 Å². The van der Waals surface area contributed by atoms with Crippen molar-refractivity contribution < 1.29 is 14.7 Å². The highest BCUT2D eigenvalue weighted by Gasteiger charge is 2.15. The molecule has 0 atom stereocenters. The standard InChI is InChI=1S/C10H18N2O3/c13-9-8-12-6-4-11(5-7-12)3-1-2-10(14)15/h9H,1-8H2,(H,14,15). The maximum absolute atomic E-state index is 10.3. The number of piperazine rings is 1. The fourth-order valence-corrected chi connectivity index (χ4v) is 1.75. The summed E-state index contributed by atoms with van der Waals surface area (Å²) in [5.74, 6) is -0.727. The molecule has 15 heavy (non-hydrogen) atoms. The molecule has 0 radical (unpaired) electrons. The number of carbonyl (C=O) groups excluding carboxylic acids is 1. The third-order valence-electron chi connectivity index (χ3n) is 2.66. The Kier molecular flexibility index (Phi) is 5.28. The van der Waals surface area contributed by atoms with E-state index in [4.69, 9.17) is 5.11 Å². The van der Waals surface area contributed by atoms with Crippen LogP contribution in [-0.4, -0.2) is 66.4 Å². The summed E-state index contributed by atoms with van der Waals surface area (Å²) in [5.41, 5.74) is 0. The Balaban J connectivity index is 2.09. The Labute approximate surface area is 89.7 Å². The number of hydrogen-bond acceptors (Lipinski definition) is 4. The molecule has 0 aliphatic carbocycles. The van der Waals surface area contributed by atoms with Gasteiger partial charge in [0.25, 0.3) is 0 Å². The zero-order valence-electron chi connectivity index (χ0n) is 8.89. The first-order chi connectivity index (χ1) is 7.22. The first-order valence-corrected chi connectivity index (χ1v) is 5.32. The predicted octanol–water partition coefficient (Wildman–Crippen LogP) is -0.332. The van der Waals surface area contributed by atoms with Crippen molar-refractivity contribution in [2.24, 2.45) is 0 Å². The van der Waals surface area contributed by atoms with E-state index in [9.17, 15) is 9.59 Å². The SMILES string of the molecule is O=CCN1CCN(CCCC(=O)O)CC1. The van der Waals surface area contributed by atoms with Crippen molar-refractivity contribution in [3.63, 3.8) is 0 Å². The Morgan fingerprint density at radius 3 is 2.33 bits per heavy atom. The first-order valence-electron chi connectivity index (χ1n) is 5.32. The highest BCUT2D eigenvalue weighted by Crippen LogP contribution is 2.02. The van der Waals surface area contributed by atoms with E-state index >= 15 is 0 Å². The van der Waals surface area contributed by atoms with Crippen LogP contribution in [0.25, 0.3) is 0 Å². The number of aldehydes is 1. The van der Waals surface area contributed by atoms with E-state index in [1.54, 1.807) is 0 Å². The van der Waals surface area contributed by atoms with Gasteiger partial charge in [-0.1, -0.05) is 0 Å². The zero-order valence-corrected chi connectivity index (χ0v) is 8.89. The number of carboxylic acids is 1. The molecule has 0 aromatic rings. The number of carbonyl (C=O) groups is 2. The monoisotopic (exact) mass is 214 g/mol. The second-order valence-corrected chi connectivity index (χ2v) is 3.81. The average Bonchev–Trinajstić information content (AvgIpc) is 2.20. The van der Waals surface area contributed by atoms with Crippen LogP contribution >= 0.6 is 0 Å². The van der Waals surface area contributed by atoms with Gasteiger partial charge in [0.15, 0.2) is 0 Å². The van der Waals surface area contributed by atoms with Gasteiger partial charge in [-0.2, -0.15) is 0 Å². The molecule has 0 saturated carbocycles. The van der Waals surface area contributed by atoms with Crippen LogP contribution in [0.5, 0.6) is 0 Å². The Morgan fingerprint density at radius 2 is 1.80 bits per heavy atom. The molecule has 86 valence electrons. The lowest BCUT2D eigenvalue weighted by molar-refractivity contribution is -0.137. The van der Waals surface area contributed by atoms with Gasteiger partial charge >= 0.3 is 5.97 Å². The van der Waals surface area contributed by atoms with Crippen LogP contribution in [0.4, 0.5) is 0 Å². The van der Waals surface area contributed by atoms with Crippen molar-refractivity contribution in [3.05, 3.63) is 0 Å². The molecule has 1 N–H and O–H groups in total. The van der Waals surface area contributed by atoms with Gasteiger partial charge in [-0.15, -0.1) is 0 Å². The maximum atomic E-state index is 10.3. The molecule has 0 spiro atoms. The van der Waals surface area contributed by atoms with Gasteiger partial charge in [0.05, 0.1) is 6.54 Å². The smallest absolute Gasteiger partial charge is 0.303 e. The van der Waals surface area contributed by atoms with Gasteiger partial charge in [-0.3, -0.25) is 9.69 Å². The molecule has 0 unspecified atom stereocenters. The van der Waals surface area contributed by atoms with Gasteiger partial charge < -0.3 is 14.8 Å². The lowest BCUT2D eigenvalue weighted by Gasteiger charge is -2.33.